The number of anilines is 1. The predicted octanol–water partition coefficient (Wildman–Crippen LogP) is 10.7. The van der Waals surface area contributed by atoms with Gasteiger partial charge in [-0.25, -0.2) is 18.7 Å². The van der Waals surface area contributed by atoms with E-state index in [1.165, 1.54) is 0 Å². The number of rotatable bonds is 12. The minimum atomic E-state index is -1.36. The number of benzene rings is 3. The number of ether oxygens (including phenoxy) is 5. The van der Waals surface area contributed by atoms with E-state index in [1.807, 2.05) is 67.7 Å². The van der Waals surface area contributed by atoms with Crippen molar-refractivity contribution >= 4 is 47.9 Å². The fraction of sp³-hybridized carbons (Fsp3) is 0.537. The predicted molar refractivity (Wildman–Crippen MR) is 270 cm³/mol. The van der Waals surface area contributed by atoms with E-state index in [9.17, 15) is 9.59 Å². The third-order valence-electron chi connectivity index (χ3n) is 14.4. The fourth-order valence-electron chi connectivity index (χ4n) is 10.5. The third-order valence-corrected chi connectivity index (χ3v) is 16.1. The quantitative estimate of drug-likeness (QED) is 0.0874. The largest absolute Gasteiger partial charge is 0.486 e. The highest BCUT2D eigenvalue weighted by atomic mass is 28.3. The van der Waals surface area contributed by atoms with Gasteiger partial charge >= 0.3 is 18.2 Å². The van der Waals surface area contributed by atoms with E-state index < -0.39 is 13.7 Å². The summed E-state index contributed by atoms with van der Waals surface area (Å²) in [7, 11) is -1.36. The highest BCUT2D eigenvalue weighted by Gasteiger charge is 2.48. The van der Waals surface area contributed by atoms with Gasteiger partial charge in [0.1, 0.15) is 35.5 Å². The lowest BCUT2D eigenvalue weighted by molar-refractivity contribution is -0.0367. The van der Waals surface area contributed by atoms with Crippen molar-refractivity contribution < 1.29 is 37.7 Å². The Balaban J connectivity index is 1.10. The van der Waals surface area contributed by atoms with E-state index in [1.54, 1.807) is 11.0 Å². The van der Waals surface area contributed by atoms with Gasteiger partial charge in [-0.05, 0) is 113 Å². The Labute approximate surface area is 411 Å². The Morgan fingerprint density at radius 2 is 1.71 bits per heavy atom. The zero-order valence-electron chi connectivity index (χ0n) is 41.7. The summed E-state index contributed by atoms with van der Waals surface area (Å²) in [6.07, 6.45) is 13.0. The average Bonchev–Trinajstić information content (AvgIpc) is 3.77. The lowest BCUT2D eigenvalue weighted by atomic mass is 9.88. The summed E-state index contributed by atoms with van der Waals surface area (Å²) in [6.45, 7) is 17.5. The standard InChI is InChI=1S/C54H66FN7O7Si/c1-9-34-13-15-35(16-14-34)32-67-49-47(46-33(2)43(55)28-44-42(46)29-56-62(44)45-12-10-11-23-65-45)40(36-17-18-36)27-41-48(49)57-51(68-39-19-21-59(22-20-39)52(63)66-24-25-70(6,7)8)58-50(41)60-30-38-26-37(60)31-61(38)53(64)69-54(3,4)5/h1,13-16,27-29,36-39,45H,10-12,17-26,30-32H2,2-8H3/t37-,38-,45?/m0/s1. The normalized spacial score (nSPS) is 20.8. The molecule has 3 aromatic carbocycles. The molecular formula is C54H66FN7O7Si. The van der Waals surface area contributed by atoms with Gasteiger partial charge in [0.15, 0.2) is 12.0 Å². The summed E-state index contributed by atoms with van der Waals surface area (Å²) in [5.74, 6) is 3.73. The molecule has 70 heavy (non-hydrogen) atoms. The summed E-state index contributed by atoms with van der Waals surface area (Å²) in [5.41, 5.74) is 5.22. The van der Waals surface area contributed by atoms with Crippen LogP contribution in [0.25, 0.3) is 32.9 Å². The lowest BCUT2D eigenvalue weighted by Crippen LogP contribution is -2.50. The van der Waals surface area contributed by atoms with E-state index in [4.69, 9.17) is 45.2 Å². The number of halogens is 1. The first-order valence-corrected chi connectivity index (χ1v) is 28.9. The van der Waals surface area contributed by atoms with Crippen molar-refractivity contribution in [2.75, 3.05) is 44.3 Å². The van der Waals surface area contributed by atoms with Crippen LogP contribution in [-0.4, -0.2) is 113 Å². The van der Waals surface area contributed by atoms with Gasteiger partial charge in [-0.15, -0.1) is 6.42 Å². The molecule has 0 N–H and O–H groups in total. The van der Waals surface area contributed by atoms with E-state index in [0.29, 0.717) is 86.0 Å². The first-order chi connectivity index (χ1) is 33.5. The van der Waals surface area contributed by atoms with Gasteiger partial charge in [0.25, 0.3) is 0 Å². The molecule has 3 atom stereocenters. The number of fused-ring (bicyclic) bond motifs is 4. The zero-order chi connectivity index (χ0) is 49.1. The SMILES string of the molecule is C#Cc1ccc(COc2c(-c3c(C)c(F)cc4c3cnn4C3CCCCO3)c(C3CC3)cc3c(N4C[C@@H]5C[C@H]4CN5C(=O)OC(C)(C)C)nc(OC4CCN(C(=O)OCC[Si](C)(C)C)CC4)nc23)cc1. The van der Waals surface area contributed by atoms with Crippen molar-refractivity contribution in [3.05, 3.63) is 70.7 Å². The molecule has 2 amide bonds. The number of hydrogen-bond acceptors (Lipinski definition) is 11. The molecule has 5 aromatic rings. The number of likely N-dealkylation sites (tertiary alicyclic amines) is 2. The Kier molecular flexibility index (Phi) is 13.0. The van der Waals surface area contributed by atoms with Crippen LogP contribution < -0.4 is 14.4 Å². The molecule has 1 saturated carbocycles. The van der Waals surface area contributed by atoms with Crippen LogP contribution in [0.3, 0.4) is 0 Å². The number of carbonyl (C=O) groups is 2. The summed E-state index contributed by atoms with van der Waals surface area (Å²) in [4.78, 5) is 43.1. The monoisotopic (exact) mass is 971 g/mol. The molecule has 0 spiro atoms. The Morgan fingerprint density at radius 1 is 0.943 bits per heavy atom. The molecular weight excluding hydrogens is 906 g/mol. The lowest BCUT2D eigenvalue weighted by Gasteiger charge is -2.36. The molecule has 6 heterocycles. The van der Waals surface area contributed by atoms with Crippen LogP contribution in [0.5, 0.6) is 11.8 Å². The smallest absolute Gasteiger partial charge is 0.410 e. The molecule has 16 heteroatoms. The van der Waals surface area contributed by atoms with Crippen molar-refractivity contribution in [2.24, 2.45) is 0 Å². The third kappa shape index (κ3) is 9.88. The van der Waals surface area contributed by atoms with Crippen molar-refractivity contribution in [3.63, 3.8) is 0 Å². The van der Waals surface area contributed by atoms with Crippen LogP contribution in [0.15, 0.2) is 42.6 Å². The number of piperazine rings is 1. The molecule has 5 fully saturated rings. The number of hydrogen-bond donors (Lipinski definition) is 0. The second-order valence-corrected chi connectivity index (χ2v) is 27.7. The van der Waals surface area contributed by atoms with E-state index in [-0.39, 0.29) is 61.0 Å². The topological polar surface area (TPSA) is 134 Å². The maximum absolute atomic E-state index is 16.7. The first-order valence-electron chi connectivity index (χ1n) is 25.2. The minimum absolute atomic E-state index is 0.0420. The van der Waals surface area contributed by atoms with Crippen LogP contribution in [0, 0.1) is 25.1 Å². The average molecular weight is 972 g/mol. The number of piperidine rings is 1. The molecule has 10 rings (SSSR count). The molecule has 14 nitrogen and oxygen atoms in total. The Bertz CT molecular complexity index is 2830. The summed E-state index contributed by atoms with van der Waals surface area (Å²) < 4.78 is 50.3. The van der Waals surface area contributed by atoms with Crippen molar-refractivity contribution in [1.82, 2.24) is 29.5 Å². The fourth-order valence-corrected chi connectivity index (χ4v) is 11.2. The maximum Gasteiger partial charge on any atom is 0.410 e. The number of amides is 2. The van der Waals surface area contributed by atoms with Gasteiger partial charge in [0, 0.05) is 87.2 Å². The summed E-state index contributed by atoms with van der Waals surface area (Å²) >= 11 is 0. The van der Waals surface area contributed by atoms with Crippen molar-refractivity contribution in [1.29, 1.82) is 0 Å². The second-order valence-electron chi connectivity index (χ2n) is 22.1. The number of carbonyl (C=O) groups excluding carboxylic acids is 2. The molecule has 1 aliphatic carbocycles. The van der Waals surface area contributed by atoms with E-state index in [0.717, 1.165) is 77.6 Å². The molecule has 370 valence electrons. The highest BCUT2D eigenvalue weighted by molar-refractivity contribution is 6.76. The van der Waals surface area contributed by atoms with Crippen LogP contribution in [0.4, 0.5) is 19.8 Å². The molecule has 0 radical (unpaired) electrons. The van der Waals surface area contributed by atoms with Crippen LogP contribution in [0.1, 0.15) is 107 Å². The van der Waals surface area contributed by atoms with Gasteiger partial charge in [0.05, 0.1) is 30.4 Å². The van der Waals surface area contributed by atoms with Crippen LogP contribution in [0.2, 0.25) is 25.7 Å². The number of nitrogens with zero attached hydrogens (tertiary/aromatic N) is 7. The zero-order valence-corrected chi connectivity index (χ0v) is 42.7. The maximum atomic E-state index is 16.7. The summed E-state index contributed by atoms with van der Waals surface area (Å²) in [6, 6.07) is 12.5. The van der Waals surface area contributed by atoms with Gasteiger partial charge in [-0.3, -0.25) is 0 Å². The van der Waals surface area contributed by atoms with Crippen LogP contribution in [-0.2, 0) is 20.8 Å². The van der Waals surface area contributed by atoms with Gasteiger partial charge in [0.2, 0.25) is 0 Å². The van der Waals surface area contributed by atoms with E-state index >= 15 is 4.39 Å². The molecule has 2 aromatic heterocycles. The van der Waals surface area contributed by atoms with Crippen molar-refractivity contribution in [3.8, 4) is 35.2 Å². The van der Waals surface area contributed by atoms with Crippen LogP contribution >= 0.6 is 0 Å². The van der Waals surface area contributed by atoms with Gasteiger partial charge < -0.3 is 38.4 Å². The molecule has 5 aliphatic rings. The van der Waals surface area contributed by atoms with Gasteiger partial charge in [-0.1, -0.05) is 37.7 Å². The molecule has 2 bridgehead atoms. The second kappa shape index (κ2) is 19.0. The first kappa shape index (κ1) is 47.7. The van der Waals surface area contributed by atoms with Gasteiger partial charge in [-0.2, -0.15) is 15.1 Å². The minimum Gasteiger partial charge on any atom is -0.486 e. The Morgan fingerprint density at radius 3 is 2.37 bits per heavy atom. The summed E-state index contributed by atoms with van der Waals surface area (Å²) in [5, 5.41) is 6.46. The molecule has 4 saturated heterocycles. The number of terminal acetylenes is 1. The molecule has 1 unspecified atom stereocenters. The molecule has 4 aliphatic heterocycles. The van der Waals surface area contributed by atoms with Crippen molar-refractivity contribution in [2.45, 2.75) is 147 Å². The Hall–Kier alpha value is -5.92. The van der Waals surface area contributed by atoms with E-state index in [2.05, 4.69) is 36.5 Å². The number of aromatic nitrogens is 4. The highest BCUT2D eigenvalue weighted by Crippen LogP contribution is 2.54.